The van der Waals surface area contributed by atoms with Gasteiger partial charge in [0.1, 0.15) is 0 Å². The molecule has 0 aliphatic heterocycles. The van der Waals surface area contributed by atoms with Crippen LogP contribution < -0.4 is 11.2 Å². The summed E-state index contributed by atoms with van der Waals surface area (Å²) in [5.41, 5.74) is 3.38. The molecule has 2 N–H and O–H groups in total. The zero-order valence-corrected chi connectivity index (χ0v) is 17.4. The number of hydrogen-bond donors (Lipinski definition) is 2. The molecule has 4 rings (SSSR count). The third-order valence-electron chi connectivity index (χ3n) is 6.04. The Morgan fingerprint density at radius 3 is 2.24 bits per heavy atom. The van der Waals surface area contributed by atoms with Gasteiger partial charge in [-0.25, -0.2) is 4.79 Å². The first-order chi connectivity index (χ1) is 14.2. The van der Waals surface area contributed by atoms with E-state index < -0.39 is 5.69 Å². The van der Waals surface area contributed by atoms with E-state index in [4.69, 9.17) is 0 Å². The lowest BCUT2D eigenvalue weighted by molar-refractivity contribution is 0.388. The minimum atomic E-state index is -0.405. The summed E-state index contributed by atoms with van der Waals surface area (Å²) in [6, 6.07) is 18.8. The Hall–Kier alpha value is -2.53. The standard InChI is InChI=1S/C24H26N2O2S/c1-29-21-10-6-5-9-19(21)15-20-22(25-24(28)26-23(20)27)18-13-11-17(12-14-18)16-7-3-2-4-8-16/h2-10,17-18H,11-15H2,1H3,(H2,25,26,27,28). The number of thioether (sulfide) groups is 1. The molecule has 0 amide bonds. The number of aromatic amines is 2. The van der Waals surface area contributed by atoms with Crippen molar-refractivity contribution in [2.45, 2.75) is 48.8 Å². The highest BCUT2D eigenvalue weighted by Gasteiger charge is 2.27. The zero-order valence-electron chi connectivity index (χ0n) is 16.6. The Kier molecular flexibility index (Phi) is 6.05. The highest BCUT2D eigenvalue weighted by Crippen LogP contribution is 2.40. The molecule has 1 aliphatic rings. The maximum Gasteiger partial charge on any atom is 0.325 e. The van der Waals surface area contributed by atoms with Crippen molar-refractivity contribution in [3.05, 3.63) is 97.8 Å². The van der Waals surface area contributed by atoms with Crippen LogP contribution in [0, 0.1) is 0 Å². The SMILES string of the molecule is CSc1ccccc1Cc1c(C2CCC(c3ccccc3)CC2)[nH]c(=O)[nH]c1=O. The van der Waals surface area contributed by atoms with Gasteiger partial charge in [-0.15, -0.1) is 11.8 Å². The van der Waals surface area contributed by atoms with Crippen LogP contribution in [-0.2, 0) is 6.42 Å². The molecule has 0 radical (unpaired) electrons. The summed E-state index contributed by atoms with van der Waals surface area (Å²) >= 11 is 1.68. The van der Waals surface area contributed by atoms with E-state index in [1.165, 1.54) is 5.56 Å². The quantitative estimate of drug-likeness (QED) is 0.597. The molecule has 1 heterocycles. The summed E-state index contributed by atoms with van der Waals surface area (Å²) in [5.74, 6) is 0.781. The Morgan fingerprint density at radius 1 is 0.862 bits per heavy atom. The van der Waals surface area contributed by atoms with E-state index in [1.54, 1.807) is 11.8 Å². The molecule has 29 heavy (non-hydrogen) atoms. The van der Waals surface area contributed by atoms with Gasteiger partial charge in [-0.05, 0) is 61.0 Å². The zero-order chi connectivity index (χ0) is 20.2. The number of nitrogens with one attached hydrogen (secondary N) is 2. The van der Waals surface area contributed by atoms with Gasteiger partial charge < -0.3 is 4.98 Å². The summed E-state index contributed by atoms with van der Waals surface area (Å²) in [5, 5.41) is 0. The minimum absolute atomic E-state index is 0.224. The molecule has 0 saturated heterocycles. The lowest BCUT2D eigenvalue weighted by Gasteiger charge is -2.29. The lowest BCUT2D eigenvalue weighted by Crippen LogP contribution is -2.30. The first-order valence-corrected chi connectivity index (χ1v) is 11.4. The lowest BCUT2D eigenvalue weighted by atomic mass is 9.76. The maximum absolute atomic E-state index is 12.7. The van der Waals surface area contributed by atoms with Crippen molar-refractivity contribution >= 4 is 11.8 Å². The van der Waals surface area contributed by atoms with Crippen molar-refractivity contribution in [1.29, 1.82) is 0 Å². The Balaban J connectivity index is 1.61. The van der Waals surface area contributed by atoms with E-state index in [0.717, 1.165) is 41.8 Å². The van der Waals surface area contributed by atoms with E-state index in [2.05, 4.69) is 52.4 Å². The van der Waals surface area contributed by atoms with Crippen molar-refractivity contribution in [1.82, 2.24) is 9.97 Å². The third kappa shape index (κ3) is 4.40. The fourth-order valence-corrected chi connectivity index (χ4v) is 5.15. The van der Waals surface area contributed by atoms with Gasteiger partial charge in [0.2, 0.25) is 0 Å². The first-order valence-electron chi connectivity index (χ1n) is 10.2. The second-order valence-electron chi connectivity index (χ2n) is 7.75. The van der Waals surface area contributed by atoms with E-state index in [9.17, 15) is 9.59 Å². The fourth-order valence-electron chi connectivity index (χ4n) is 4.53. The van der Waals surface area contributed by atoms with Crippen molar-refractivity contribution in [2.24, 2.45) is 0 Å². The molecule has 0 unspecified atom stereocenters. The van der Waals surface area contributed by atoms with E-state index in [0.29, 0.717) is 17.9 Å². The van der Waals surface area contributed by atoms with Crippen LogP contribution in [0.4, 0.5) is 0 Å². The fraction of sp³-hybridized carbons (Fsp3) is 0.333. The highest BCUT2D eigenvalue weighted by molar-refractivity contribution is 7.98. The molecule has 3 aromatic rings. The van der Waals surface area contributed by atoms with Crippen LogP contribution in [0.25, 0.3) is 0 Å². The third-order valence-corrected chi connectivity index (χ3v) is 6.88. The van der Waals surface area contributed by atoms with Crippen LogP contribution in [0.15, 0.2) is 69.1 Å². The summed E-state index contributed by atoms with van der Waals surface area (Å²) in [7, 11) is 0. The van der Waals surface area contributed by atoms with Gasteiger partial charge in [-0.3, -0.25) is 9.78 Å². The molecule has 0 spiro atoms. The Morgan fingerprint density at radius 2 is 1.52 bits per heavy atom. The molecule has 1 aromatic heterocycles. The van der Waals surface area contributed by atoms with Crippen LogP contribution in [0.1, 0.15) is 59.9 Å². The predicted octanol–water partition coefficient (Wildman–Crippen LogP) is 4.82. The molecular formula is C24H26N2O2S. The predicted molar refractivity (Wildman–Crippen MR) is 119 cm³/mol. The molecule has 1 fully saturated rings. The molecule has 5 heteroatoms. The Bertz CT molecular complexity index is 1080. The molecule has 1 saturated carbocycles. The smallest absolute Gasteiger partial charge is 0.311 e. The van der Waals surface area contributed by atoms with Gasteiger partial charge >= 0.3 is 5.69 Å². The Labute approximate surface area is 174 Å². The molecule has 2 aromatic carbocycles. The molecule has 150 valence electrons. The molecule has 0 atom stereocenters. The summed E-state index contributed by atoms with van der Waals surface area (Å²) in [6.07, 6.45) is 6.69. The minimum Gasteiger partial charge on any atom is -0.311 e. The van der Waals surface area contributed by atoms with Crippen LogP contribution in [0.2, 0.25) is 0 Å². The van der Waals surface area contributed by atoms with Gasteiger partial charge in [-0.2, -0.15) is 0 Å². The summed E-state index contributed by atoms with van der Waals surface area (Å²) < 4.78 is 0. The number of aromatic nitrogens is 2. The number of hydrogen-bond acceptors (Lipinski definition) is 3. The number of benzene rings is 2. The average Bonchev–Trinajstić information content (AvgIpc) is 2.76. The van der Waals surface area contributed by atoms with Gasteiger partial charge in [0.25, 0.3) is 5.56 Å². The molecule has 1 aliphatic carbocycles. The second-order valence-corrected chi connectivity index (χ2v) is 8.60. The molecular weight excluding hydrogens is 380 g/mol. The largest absolute Gasteiger partial charge is 0.325 e. The van der Waals surface area contributed by atoms with E-state index >= 15 is 0 Å². The van der Waals surface area contributed by atoms with Crippen molar-refractivity contribution in [3.63, 3.8) is 0 Å². The van der Waals surface area contributed by atoms with Gasteiger partial charge in [0, 0.05) is 22.6 Å². The summed E-state index contributed by atoms with van der Waals surface area (Å²) in [4.78, 5) is 31.3. The topological polar surface area (TPSA) is 65.7 Å². The van der Waals surface area contributed by atoms with Crippen molar-refractivity contribution in [3.8, 4) is 0 Å². The van der Waals surface area contributed by atoms with Crippen molar-refractivity contribution in [2.75, 3.05) is 6.26 Å². The normalized spacial score (nSPS) is 19.2. The van der Waals surface area contributed by atoms with Gasteiger partial charge in [0.15, 0.2) is 0 Å². The molecule has 4 nitrogen and oxygen atoms in total. The molecule has 0 bridgehead atoms. The van der Waals surface area contributed by atoms with E-state index in [-0.39, 0.29) is 11.5 Å². The maximum atomic E-state index is 12.7. The summed E-state index contributed by atoms with van der Waals surface area (Å²) in [6.45, 7) is 0. The highest BCUT2D eigenvalue weighted by atomic mass is 32.2. The monoisotopic (exact) mass is 406 g/mol. The van der Waals surface area contributed by atoms with E-state index in [1.807, 2.05) is 18.4 Å². The van der Waals surface area contributed by atoms with Gasteiger partial charge in [-0.1, -0.05) is 48.5 Å². The number of H-pyrrole nitrogens is 2. The van der Waals surface area contributed by atoms with Crippen LogP contribution in [0.3, 0.4) is 0 Å². The average molecular weight is 407 g/mol. The first kappa shape index (κ1) is 19.8. The van der Waals surface area contributed by atoms with Gasteiger partial charge in [0.05, 0.1) is 0 Å². The van der Waals surface area contributed by atoms with Crippen molar-refractivity contribution < 1.29 is 0 Å². The van der Waals surface area contributed by atoms with Crippen LogP contribution in [-0.4, -0.2) is 16.2 Å². The number of rotatable bonds is 5. The van der Waals surface area contributed by atoms with Crippen LogP contribution in [0.5, 0.6) is 0 Å². The second kappa shape index (κ2) is 8.87. The van der Waals surface area contributed by atoms with Crippen LogP contribution >= 0.6 is 11.8 Å².